The number of amides is 2. The minimum absolute atomic E-state index is 0.0922. The van der Waals surface area contributed by atoms with Gasteiger partial charge in [0.25, 0.3) is 5.56 Å². The van der Waals surface area contributed by atoms with Crippen LogP contribution in [0.4, 0.5) is 0 Å². The van der Waals surface area contributed by atoms with Crippen LogP contribution >= 0.6 is 11.8 Å². The van der Waals surface area contributed by atoms with Gasteiger partial charge in [0.2, 0.25) is 11.8 Å². The van der Waals surface area contributed by atoms with Crippen LogP contribution in [0.25, 0.3) is 10.9 Å². The van der Waals surface area contributed by atoms with Gasteiger partial charge in [-0.25, -0.2) is 4.98 Å². The summed E-state index contributed by atoms with van der Waals surface area (Å²) in [7, 11) is 0. The first kappa shape index (κ1) is 23.6. The van der Waals surface area contributed by atoms with Gasteiger partial charge < -0.3 is 15.1 Å². The molecule has 1 atom stereocenters. The molecule has 170 valence electrons. The van der Waals surface area contributed by atoms with E-state index in [0.29, 0.717) is 41.3 Å². The molecule has 9 heteroatoms. The molecule has 0 spiro atoms. The number of thioether (sulfide) groups is 1. The minimum Gasteiger partial charge on any atom is -0.467 e. The largest absolute Gasteiger partial charge is 0.467 e. The fraction of sp³-hybridized carbons (Fsp3) is 0.391. The molecule has 2 N–H and O–H groups in total. The van der Waals surface area contributed by atoms with Crippen molar-refractivity contribution in [1.82, 2.24) is 20.2 Å². The van der Waals surface area contributed by atoms with Gasteiger partial charge in [0.1, 0.15) is 5.76 Å². The molecule has 0 bridgehead atoms. The lowest BCUT2D eigenvalue weighted by molar-refractivity contribution is -0.121. The van der Waals surface area contributed by atoms with Gasteiger partial charge in [0, 0.05) is 19.0 Å². The van der Waals surface area contributed by atoms with E-state index in [1.165, 1.54) is 11.8 Å². The Kier molecular flexibility index (Phi) is 8.49. The van der Waals surface area contributed by atoms with Crippen molar-refractivity contribution < 1.29 is 14.0 Å². The first-order valence-electron chi connectivity index (χ1n) is 10.7. The molecule has 0 aliphatic carbocycles. The second kappa shape index (κ2) is 11.5. The molecule has 3 aromatic rings. The summed E-state index contributed by atoms with van der Waals surface area (Å²) < 4.78 is 6.76. The van der Waals surface area contributed by atoms with Crippen molar-refractivity contribution in [1.29, 1.82) is 0 Å². The topological polar surface area (TPSA) is 106 Å². The van der Waals surface area contributed by atoms with Gasteiger partial charge in [-0.05, 0) is 44.0 Å². The average Bonchev–Trinajstić information content (AvgIpc) is 3.31. The second-order valence-electron chi connectivity index (χ2n) is 7.49. The van der Waals surface area contributed by atoms with Crippen LogP contribution < -0.4 is 16.2 Å². The van der Waals surface area contributed by atoms with Crippen LogP contribution in [0.3, 0.4) is 0 Å². The Balaban J connectivity index is 1.67. The van der Waals surface area contributed by atoms with E-state index >= 15 is 0 Å². The lowest BCUT2D eigenvalue weighted by Crippen LogP contribution is -2.33. The van der Waals surface area contributed by atoms with Crippen LogP contribution in [0.2, 0.25) is 0 Å². The van der Waals surface area contributed by atoms with E-state index in [2.05, 4.69) is 15.6 Å². The smallest absolute Gasteiger partial charge is 0.262 e. The van der Waals surface area contributed by atoms with E-state index in [-0.39, 0.29) is 35.6 Å². The van der Waals surface area contributed by atoms with Crippen molar-refractivity contribution >= 4 is 34.5 Å². The maximum Gasteiger partial charge on any atom is 0.262 e. The zero-order valence-corrected chi connectivity index (χ0v) is 19.1. The highest BCUT2D eigenvalue weighted by Crippen LogP contribution is 2.18. The summed E-state index contributed by atoms with van der Waals surface area (Å²) >= 11 is 1.23. The molecular weight excluding hydrogens is 428 g/mol. The zero-order valence-electron chi connectivity index (χ0n) is 18.3. The van der Waals surface area contributed by atoms with Crippen LogP contribution in [0.1, 0.15) is 38.9 Å². The molecule has 2 aromatic heterocycles. The van der Waals surface area contributed by atoms with Crippen molar-refractivity contribution in [3.8, 4) is 0 Å². The van der Waals surface area contributed by atoms with E-state index in [1.54, 1.807) is 41.2 Å². The highest BCUT2D eigenvalue weighted by molar-refractivity contribution is 7.99. The first-order chi connectivity index (χ1) is 15.5. The van der Waals surface area contributed by atoms with Crippen LogP contribution in [0, 0.1) is 0 Å². The Hall–Kier alpha value is -3.07. The van der Waals surface area contributed by atoms with Gasteiger partial charge in [0.05, 0.1) is 29.5 Å². The number of furan rings is 1. The van der Waals surface area contributed by atoms with Gasteiger partial charge in [-0.2, -0.15) is 0 Å². The monoisotopic (exact) mass is 456 g/mol. The average molecular weight is 457 g/mol. The lowest BCUT2D eigenvalue weighted by Gasteiger charge is -2.14. The molecule has 1 aromatic carbocycles. The third-order valence-electron chi connectivity index (χ3n) is 5.00. The number of fused-ring (bicyclic) bond motifs is 1. The number of nitrogens with zero attached hydrogens (tertiary/aromatic N) is 2. The summed E-state index contributed by atoms with van der Waals surface area (Å²) in [4.78, 5) is 42.0. The third-order valence-corrected chi connectivity index (χ3v) is 5.98. The second-order valence-corrected chi connectivity index (χ2v) is 8.44. The van der Waals surface area contributed by atoms with E-state index in [9.17, 15) is 14.4 Å². The summed E-state index contributed by atoms with van der Waals surface area (Å²) in [6, 6.07) is 10.8. The van der Waals surface area contributed by atoms with Gasteiger partial charge in [-0.1, -0.05) is 30.8 Å². The zero-order chi connectivity index (χ0) is 22.9. The Labute approximate surface area is 190 Å². The maximum absolute atomic E-state index is 13.1. The standard InChI is InChI=1S/C23H28N4O4S/c1-3-16(2)25-21(29)15-32-23-26-19-10-5-4-9-18(19)22(30)27(23)12-6-11-20(28)24-14-17-8-7-13-31-17/h4-5,7-10,13,16H,3,6,11-12,14-15H2,1-2H3,(H,24,28)(H,25,29). The molecule has 2 amide bonds. The summed E-state index contributed by atoms with van der Waals surface area (Å²) in [5.74, 6) is 0.627. The number of rotatable bonds is 11. The highest BCUT2D eigenvalue weighted by atomic mass is 32.2. The summed E-state index contributed by atoms with van der Waals surface area (Å²) in [6.45, 7) is 4.62. The molecule has 0 saturated heterocycles. The number of hydrogen-bond acceptors (Lipinski definition) is 6. The van der Waals surface area contributed by atoms with Crippen molar-refractivity contribution in [2.45, 2.75) is 57.4 Å². The molecule has 0 saturated carbocycles. The van der Waals surface area contributed by atoms with Crippen molar-refractivity contribution in [2.24, 2.45) is 0 Å². The molecule has 2 heterocycles. The molecular formula is C23H28N4O4S. The number of carbonyl (C=O) groups excluding carboxylic acids is 2. The van der Waals surface area contributed by atoms with Gasteiger partial charge in [-0.15, -0.1) is 0 Å². The number of para-hydroxylation sites is 1. The van der Waals surface area contributed by atoms with Crippen molar-refractivity contribution in [3.63, 3.8) is 0 Å². The Morgan fingerprint density at radius 3 is 2.75 bits per heavy atom. The summed E-state index contributed by atoms with van der Waals surface area (Å²) in [5.41, 5.74) is 0.422. The Morgan fingerprint density at radius 2 is 2.00 bits per heavy atom. The number of aromatic nitrogens is 2. The third kappa shape index (κ3) is 6.46. The van der Waals surface area contributed by atoms with E-state index < -0.39 is 0 Å². The van der Waals surface area contributed by atoms with Crippen molar-refractivity contribution in [2.75, 3.05) is 5.75 Å². The molecule has 32 heavy (non-hydrogen) atoms. The van der Waals surface area contributed by atoms with E-state index in [1.807, 2.05) is 19.9 Å². The van der Waals surface area contributed by atoms with E-state index in [4.69, 9.17) is 4.42 Å². The molecule has 0 aliphatic heterocycles. The number of nitrogens with one attached hydrogen (secondary N) is 2. The fourth-order valence-corrected chi connectivity index (χ4v) is 3.93. The first-order valence-corrected chi connectivity index (χ1v) is 11.7. The summed E-state index contributed by atoms with van der Waals surface area (Å²) in [6.07, 6.45) is 3.13. The summed E-state index contributed by atoms with van der Waals surface area (Å²) in [5, 5.41) is 6.71. The Bertz CT molecular complexity index is 1110. The molecule has 0 fully saturated rings. The predicted octanol–water partition coefficient (Wildman–Crippen LogP) is 3.09. The quantitative estimate of drug-likeness (QED) is 0.339. The molecule has 8 nitrogen and oxygen atoms in total. The number of carbonyl (C=O) groups is 2. The maximum atomic E-state index is 13.1. The number of benzene rings is 1. The lowest BCUT2D eigenvalue weighted by atomic mass is 10.2. The van der Waals surface area contributed by atoms with Crippen molar-refractivity contribution in [3.05, 3.63) is 58.8 Å². The number of hydrogen-bond donors (Lipinski definition) is 2. The molecule has 1 unspecified atom stereocenters. The normalized spacial score (nSPS) is 11.9. The molecule has 3 rings (SSSR count). The Morgan fingerprint density at radius 1 is 1.19 bits per heavy atom. The van der Waals surface area contributed by atoms with E-state index in [0.717, 1.165) is 6.42 Å². The van der Waals surface area contributed by atoms with Crippen LogP contribution in [-0.4, -0.2) is 33.2 Å². The minimum atomic E-state index is -0.170. The SMILES string of the molecule is CCC(C)NC(=O)CSc1nc2ccccc2c(=O)n1CCCC(=O)NCc1ccco1. The highest BCUT2D eigenvalue weighted by Gasteiger charge is 2.14. The van der Waals surface area contributed by atoms with Gasteiger partial charge in [0.15, 0.2) is 5.16 Å². The predicted molar refractivity (Wildman–Crippen MR) is 124 cm³/mol. The van der Waals surface area contributed by atoms with Crippen LogP contribution in [-0.2, 0) is 22.7 Å². The fourth-order valence-electron chi connectivity index (χ4n) is 3.09. The molecule has 0 radical (unpaired) electrons. The van der Waals surface area contributed by atoms with Crippen LogP contribution in [0.5, 0.6) is 0 Å². The van der Waals surface area contributed by atoms with Gasteiger partial charge in [-0.3, -0.25) is 19.0 Å². The van der Waals surface area contributed by atoms with Gasteiger partial charge >= 0.3 is 0 Å². The van der Waals surface area contributed by atoms with Crippen LogP contribution in [0.15, 0.2) is 57.0 Å². The molecule has 0 aliphatic rings.